The van der Waals surface area contributed by atoms with Crippen LogP contribution >= 0.6 is 11.6 Å². The van der Waals surface area contributed by atoms with E-state index < -0.39 is 11.5 Å². The molecule has 192 valence electrons. The summed E-state index contributed by atoms with van der Waals surface area (Å²) in [6.07, 6.45) is 7.47. The normalized spacial score (nSPS) is 31.1. The van der Waals surface area contributed by atoms with Gasteiger partial charge in [0, 0.05) is 26.2 Å². The second kappa shape index (κ2) is 8.68. The number of carboxylic acid groups (broad SMARTS) is 1. The van der Waals surface area contributed by atoms with Gasteiger partial charge in [-0.3, -0.25) is 9.59 Å². The summed E-state index contributed by atoms with van der Waals surface area (Å²) in [5.74, 6) is 1.03. The average Bonchev–Trinajstić information content (AvgIpc) is 2.84. The molecule has 0 spiro atoms. The Morgan fingerprint density at radius 2 is 1.72 bits per heavy atom. The van der Waals surface area contributed by atoms with E-state index in [-0.39, 0.29) is 22.4 Å². The van der Waals surface area contributed by atoms with E-state index in [0.29, 0.717) is 23.9 Å². The lowest BCUT2D eigenvalue weighted by atomic mass is 9.46. The third kappa shape index (κ3) is 3.85. The van der Waals surface area contributed by atoms with Crippen LogP contribution in [0.5, 0.6) is 5.75 Å². The molecule has 5 aliphatic rings. The molecule has 1 aromatic heterocycles. The molecular weight excluding hydrogens is 480 g/mol. The van der Waals surface area contributed by atoms with Crippen LogP contribution in [0.4, 0.5) is 11.4 Å². The monoisotopic (exact) mass is 512 g/mol. The number of aromatic nitrogens is 2. The number of methoxy groups -OCH3 is 1. The highest BCUT2D eigenvalue weighted by molar-refractivity contribution is 6.33. The minimum absolute atomic E-state index is 0.179. The van der Waals surface area contributed by atoms with Crippen molar-refractivity contribution in [3.63, 3.8) is 0 Å². The van der Waals surface area contributed by atoms with Gasteiger partial charge in [0.1, 0.15) is 10.8 Å². The van der Waals surface area contributed by atoms with Crippen LogP contribution in [0.25, 0.3) is 0 Å². The largest absolute Gasteiger partial charge is 0.495 e. The Morgan fingerprint density at radius 3 is 2.36 bits per heavy atom. The quantitative estimate of drug-likeness (QED) is 0.625. The Labute approximate surface area is 215 Å². The zero-order valence-corrected chi connectivity index (χ0v) is 21.4. The Morgan fingerprint density at radius 1 is 1.08 bits per heavy atom. The van der Waals surface area contributed by atoms with Crippen LogP contribution < -0.4 is 20.1 Å². The van der Waals surface area contributed by atoms with Crippen molar-refractivity contribution < 1.29 is 14.6 Å². The highest BCUT2D eigenvalue weighted by atomic mass is 35.5. The van der Waals surface area contributed by atoms with Gasteiger partial charge < -0.3 is 19.6 Å². The Hall–Kier alpha value is -2.74. The summed E-state index contributed by atoms with van der Waals surface area (Å²) in [6.45, 7) is 3.01. The highest BCUT2D eigenvalue weighted by Gasteiger charge is 2.59. The zero-order chi connectivity index (χ0) is 25.1. The van der Waals surface area contributed by atoms with Crippen LogP contribution in [0.2, 0.25) is 5.02 Å². The van der Waals surface area contributed by atoms with Gasteiger partial charge >= 0.3 is 5.97 Å². The Balaban J connectivity index is 1.24. The smallest absolute Gasteiger partial charge is 0.303 e. The number of anilines is 2. The number of hydrogen-bond acceptors (Lipinski definition) is 6. The predicted octanol–water partition coefficient (Wildman–Crippen LogP) is 4.00. The van der Waals surface area contributed by atoms with E-state index in [2.05, 4.69) is 15.9 Å². The molecule has 5 fully saturated rings. The molecule has 2 heterocycles. The van der Waals surface area contributed by atoms with Crippen molar-refractivity contribution in [3.8, 4) is 5.75 Å². The SMILES string of the molecule is COc1ccccc1N1CCN(c2cnn(C34C[C@H]5C[C@@H](CC(CC(=O)O)(C5)C3)C4)c(=O)c2Cl)CC1. The number of ether oxygens (including phenoxy) is 1. The van der Waals surface area contributed by atoms with Gasteiger partial charge in [0.05, 0.1) is 36.6 Å². The van der Waals surface area contributed by atoms with Crippen molar-refractivity contribution in [2.75, 3.05) is 43.1 Å². The van der Waals surface area contributed by atoms with Gasteiger partial charge in [-0.15, -0.1) is 0 Å². The van der Waals surface area contributed by atoms with Crippen LogP contribution in [0.3, 0.4) is 0 Å². The molecule has 1 aliphatic heterocycles. The molecule has 2 atom stereocenters. The lowest BCUT2D eigenvalue weighted by Gasteiger charge is -2.61. The number of piperazine rings is 1. The van der Waals surface area contributed by atoms with E-state index in [1.807, 2.05) is 18.2 Å². The molecule has 4 bridgehead atoms. The van der Waals surface area contributed by atoms with Crippen molar-refractivity contribution in [1.29, 1.82) is 0 Å². The molecular formula is C27H33ClN4O4. The first kappa shape index (κ1) is 23.6. The number of benzene rings is 1. The first-order chi connectivity index (χ1) is 17.3. The second-order valence-electron chi connectivity index (χ2n) is 11.5. The number of carbonyl (C=O) groups is 1. The number of aliphatic carboxylic acids is 1. The van der Waals surface area contributed by atoms with Gasteiger partial charge in [-0.05, 0) is 67.9 Å². The molecule has 2 aromatic rings. The summed E-state index contributed by atoms with van der Waals surface area (Å²) in [6, 6.07) is 8.00. The predicted molar refractivity (Wildman–Crippen MR) is 138 cm³/mol. The van der Waals surface area contributed by atoms with Crippen LogP contribution in [0, 0.1) is 17.3 Å². The minimum Gasteiger partial charge on any atom is -0.495 e. The lowest BCUT2D eigenvalue weighted by Crippen LogP contribution is -2.59. The molecule has 1 saturated heterocycles. The number of carboxylic acids is 1. The minimum atomic E-state index is -0.743. The van der Waals surface area contributed by atoms with E-state index in [0.717, 1.165) is 69.7 Å². The van der Waals surface area contributed by atoms with Gasteiger partial charge in [-0.2, -0.15) is 5.10 Å². The molecule has 4 aliphatic carbocycles. The van der Waals surface area contributed by atoms with Gasteiger partial charge in [-0.1, -0.05) is 23.7 Å². The van der Waals surface area contributed by atoms with Crippen molar-refractivity contribution in [2.24, 2.45) is 17.3 Å². The van der Waals surface area contributed by atoms with E-state index in [1.165, 1.54) is 0 Å². The summed E-state index contributed by atoms with van der Waals surface area (Å²) in [7, 11) is 1.68. The fourth-order valence-corrected chi connectivity index (χ4v) is 8.49. The van der Waals surface area contributed by atoms with Crippen molar-refractivity contribution in [2.45, 2.75) is 50.5 Å². The zero-order valence-electron chi connectivity index (χ0n) is 20.7. The average molecular weight is 513 g/mol. The maximum Gasteiger partial charge on any atom is 0.303 e. The molecule has 0 radical (unpaired) electrons. The Bertz CT molecular complexity index is 1220. The molecule has 8 nitrogen and oxygen atoms in total. The third-order valence-corrected chi connectivity index (χ3v) is 9.43. The van der Waals surface area contributed by atoms with Crippen molar-refractivity contribution in [1.82, 2.24) is 9.78 Å². The topological polar surface area (TPSA) is 87.9 Å². The van der Waals surface area contributed by atoms with E-state index in [4.69, 9.17) is 21.4 Å². The number of halogens is 1. The van der Waals surface area contributed by atoms with Gasteiger partial charge in [0.2, 0.25) is 0 Å². The summed E-state index contributed by atoms with van der Waals surface area (Å²) >= 11 is 6.75. The first-order valence-electron chi connectivity index (χ1n) is 12.9. The standard InChI is InChI=1S/C27H33ClN4O4/c1-36-22-5-3-2-4-20(22)30-6-8-31(9-7-30)21-16-29-32(25(35)24(21)28)27-13-18-10-19(14-27)12-26(11-18,17-27)15-23(33)34/h2-5,16,18-19H,6-15,17H2,1H3,(H,33,34)/t18-,19-,26?,27?/m0/s1. The number of para-hydroxylation sites is 2. The van der Waals surface area contributed by atoms with Gasteiger partial charge in [-0.25, -0.2) is 4.68 Å². The van der Waals surface area contributed by atoms with Crippen molar-refractivity contribution >= 4 is 28.9 Å². The molecule has 0 unspecified atom stereocenters. The van der Waals surface area contributed by atoms with Crippen LogP contribution in [-0.4, -0.2) is 54.1 Å². The number of hydrogen-bond donors (Lipinski definition) is 1. The van der Waals surface area contributed by atoms with Crippen molar-refractivity contribution in [3.05, 3.63) is 45.8 Å². The molecule has 4 saturated carbocycles. The Kier molecular flexibility index (Phi) is 5.70. The van der Waals surface area contributed by atoms with E-state index in [9.17, 15) is 14.7 Å². The second-order valence-corrected chi connectivity index (χ2v) is 11.8. The van der Waals surface area contributed by atoms with Gasteiger partial charge in [0.15, 0.2) is 0 Å². The fraction of sp³-hybridized carbons (Fsp3) is 0.593. The molecule has 7 rings (SSSR count). The molecule has 9 heteroatoms. The summed E-state index contributed by atoms with van der Waals surface area (Å²) < 4.78 is 7.16. The first-order valence-corrected chi connectivity index (χ1v) is 13.3. The van der Waals surface area contributed by atoms with Crippen LogP contribution in [-0.2, 0) is 10.3 Å². The number of rotatable bonds is 6. The summed E-state index contributed by atoms with van der Waals surface area (Å²) in [4.78, 5) is 29.8. The van der Waals surface area contributed by atoms with Crippen LogP contribution in [0.15, 0.2) is 35.3 Å². The highest BCUT2D eigenvalue weighted by Crippen LogP contribution is 2.65. The van der Waals surface area contributed by atoms with E-state index >= 15 is 0 Å². The molecule has 36 heavy (non-hydrogen) atoms. The maximum absolute atomic E-state index is 13.6. The maximum atomic E-state index is 13.6. The third-order valence-electron chi connectivity index (χ3n) is 9.07. The molecule has 0 amide bonds. The van der Waals surface area contributed by atoms with Gasteiger partial charge in [0.25, 0.3) is 5.56 Å². The molecule has 1 aromatic carbocycles. The fourth-order valence-electron chi connectivity index (χ4n) is 8.24. The number of nitrogens with zero attached hydrogens (tertiary/aromatic N) is 4. The summed E-state index contributed by atoms with van der Waals surface area (Å²) in [5.41, 5.74) is 0.867. The summed E-state index contributed by atoms with van der Waals surface area (Å²) in [5, 5.41) is 14.5. The molecule has 1 N–H and O–H groups in total. The van der Waals surface area contributed by atoms with E-state index in [1.54, 1.807) is 18.0 Å². The lowest BCUT2D eigenvalue weighted by molar-refractivity contribution is -0.151. The van der Waals surface area contributed by atoms with Crippen LogP contribution in [0.1, 0.15) is 44.9 Å².